The van der Waals surface area contributed by atoms with Gasteiger partial charge in [-0.3, -0.25) is 0 Å². The van der Waals surface area contributed by atoms with E-state index in [2.05, 4.69) is 25.7 Å². The van der Waals surface area contributed by atoms with Crippen molar-refractivity contribution >= 4 is 0 Å². The zero-order valence-corrected chi connectivity index (χ0v) is 15.3. The van der Waals surface area contributed by atoms with Crippen LogP contribution in [0.5, 0.6) is 0 Å². The lowest BCUT2D eigenvalue weighted by atomic mass is 9.69. The van der Waals surface area contributed by atoms with Crippen LogP contribution in [0.25, 0.3) is 0 Å². The topological polar surface area (TPSA) is 9.23 Å². The minimum Gasteiger partial charge on any atom is -0.377 e. The van der Waals surface area contributed by atoms with Crippen molar-refractivity contribution in [1.82, 2.24) is 0 Å². The summed E-state index contributed by atoms with van der Waals surface area (Å²) in [7, 11) is 0. The summed E-state index contributed by atoms with van der Waals surface area (Å²) in [4.78, 5) is 0. The van der Waals surface area contributed by atoms with Crippen LogP contribution >= 0.6 is 0 Å². The molecular formula is C22H38O. The van der Waals surface area contributed by atoms with Gasteiger partial charge < -0.3 is 4.74 Å². The molecule has 132 valence electrons. The third kappa shape index (κ3) is 6.83. The summed E-state index contributed by atoms with van der Waals surface area (Å²) in [5.41, 5.74) is 0. The average Bonchev–Trinajstić information content (AvgIpc) is 2.60. The van der Waals surface area contributed by atoms with Gasteiger partial charge in [0.25, 0.3) is 0 Å². The van der Waals surface area contributed by atoms with Gasteiger partial charge in [0.1, 0.15) is 0 Å². The Morgan fingerprint density at radius 3 is 2.22 bits per heavy atom. The zero-order valence-electron chi connectivity index (χ0n) is 15.3. The van der Waals surface area contributed by atoms with Crippen LogP contribution in [0.3, 0.4) is 0 Å². The largest absolute Gasteiger partial charge is 0.377 e. The highest BCUT2D eigenvalue weighted by Crippen LogP contribution is 2.41. The number of hydrogen-bond acceptors (Lipinski definition) is 1. The normalized spacial score (nSPS) is 32.2. The van der Waals surface area contributed by atoms with Crippen molar-refractivity contribution in [3.8, 4) is 0 Å². The van der Waals surface area contributed by atoms with E-state index in [4.69, 9.17) is 4.74 Å². The fraction of sp³-hybridized carbons (Fsp3) is 0.818. The molecule has 2 saturated carbocycles. The van der Waals surface area contributed by atoms with Crippen molar-refractivity contribution in [3.05, 3.63) is 24.8 Å². The summed E-state index contributed by atoms with van der Waals surface area (Å²) in [6.45, 7) is 7.67. The molecule has 0 saturated heterocycles. The van der Waals surface area contributed by atoms with Gasteiger partial charge in [-0.15, -0.1) is 6.58 Å². The summed E-state index contributed by atoms with van der Waals surface area (Å²) in [6.07, 6.45) is 22.3. The molecule has 2 aliphatic carbocycles. The zero-order chi connectivity index (χ0) is 16.3. The van der Waals surface area contributed by atoms with Gasteiger partial charge in [0.05, 0.1) is 6.61 Å². The Labute approximate surface area is 144 Å². The molecule has 0 spiro atoms. The number of unbranched alkanes of at least 4 members (excludes halogenated alkanes) is 2. The lowest BCUT2D eigenvalue weighted by Crippen LogP contribution is -2.26. The van der Waals surface area contributed by atoms with Crippen LogP contribution in [0.1, 0.15) is 77.6 Å². The summed E-state index contributed by atoms with van der Waals surface area (Å²) in [5.74, 6) is 3.72. The molecular weight excluding hydrogens is 280 g/mol. The van der Waals surface area contributed by atoms with Crippen molar-refractivity contribution in [2.45, 2.75) is 77.6 Å². The first-order valence-electron chi connectivity index (χ1n) is 10.2. The Bertz CT molecular complexity index is 330. The first-order chi connectivity index (χ1) is 11.3. The van der Waals surface area contributed by atoms with E-state index in [1.807, 2.05) is 6.08 Å². The predicted octanol–water partition coefficient (Wildman–Crippen LogP) is 6.55. The Morgan fingerprint density at radius 2 is 1.61 bits per heavy atom. The van der Waals surface area contributed by atoms with Crippen LogP contribution in [0.2, 0.25) is 0 Å². The molecule has 23 heavy (non-hydrogen) atoms. The molecule has 2 rings (SSSR count). The average molecular weight is 319 g/mol. The third-order valence-electron chi connectivity index (χ3n) is 6.10. The molecule has 0 atom stereocenters. The van der Waals surface area contributed by atoms with Crippen LogP contribution in [-0.4, -0.2) is 13.2 Å². The van der Waals surface area contributed by atoms with E-state index in [1.54, 1.807) is 0 Å². The minimum absolute atomic E-state index is 0.718. The molecule has 0 aromatic rings. The van der Waals surface area contributed by atoms with Gasteiger partial charge in [-0.2, -0.15) is 0 Å². The fourth-order valence-electron chi connectivity index (χ4n) is 4.56. The highest BCUT2D eigenvalue weighted by molar-refractivity contribution is 4.92. The Kier molecular flexibility index (Phi) is 9.04. The molecule has 2 fully saturated rings. The van der Waals surface area contributed by atoms with Crippen LogP contribution in [-0.2, 0) is 4.74 Å². The quantitative estimate of drug-likeness (QED) is 0.346. The molecule has 0 amide bonds. The standard InChI is InChI=1S/C22H38O/c1-3-5-6-7-8-19-9-13-21(14-10-19)22-15-11-20(12-16-22)18-23-17-4-2/h4,7-8,19-22H,2-3,5-6,9-18H2,1H3/b8-7+/t19-,20?,21-,22?. The van der Waals surface area contributed by atoms with Crippen molar-refractivity contribution in [1.29, 1.82) is 0 Å². The minimum atomic E-state index is 0.718. The molecule has 0 aliphatic heterocycles. The fourth-order valence-corrected chi connectivity index (χ4v) is 4.56. The van der Waals surface area contributed by atoms with Crippen molar-refractivity contribution in [2.75, 3.05) is 13.2 Å². The Balaban J connectivity index is 1.61. The second kappa shape index (κ2) is 11.1. The number of ether oxygens (including phenoxy) is 1. The van der Waals surface area contributed by atoms with E-state index in [-0.39, 0.29) is 0 Å². The highest BCUT2D eigenvalue weighted by atomic mass is 16.5. The molecule has 0 N–H and O–H groups in total. The highest BCUT2D eigenvalue weighted by Gasteiger charge is 2.30. The van der Waals surface area contributed by atoms with E-state index in [9.17, 15) is 0 Å². The molecule has 0 unspecified atom stereocenters. The SMILES string of the molecule is C=CCOCC1CCC([C@H]2CC[C@H](/C=C/CCCC)CC2)CC1. The number of allylic oxidation sites excluding steroid dienone is 2. The van der Waals surface area contributed by atoms with E-state index in [0.29, 0.717) is 0 Å². The van der Waals surface area contributed by atoms with Gasteiger partial charge in [-0.05, 0) is 81.5 Å². The summed E-state index contributed by atoms with van der Waals surface area (Å²) < 4.78 is 5.65. The lowest BCUT2D eigenvalue weighted by Gasteiger charge is -2.37. The molecule has 1 heteroatoms. The second-order valence-electron chi connectivity index (χ2n) is 7.85. The molecule has 0 bridgehead atoms. The van der Waals surface area contributed by atoms with E-state index >= 15 is 0 Å². The monoisotopic (exact) mass is 318 g/mol. The summed E-state index contributed by atoms with van der Waals surface area (Å²) in [5, 5.41) is 0. The lowest BCUT2D eigenvalue weighted by molar-refractivity contribution is 0.0800. The number of hydrogen-bond donors (Lipinski definition) is 0. The maximum atomic E-state index is 5.65. The van der Waals surface area contributed by atoms with Crippen molar-refractivity contribution < 1.29 is 4.74 Å². The molecule has 0 aromatic carbocycles. The molecule has 0 aromatic heterocycles. The van der Waals surface area contributed by atoms with E-state index in [0.717, 1.165) is 36.9 Å². The molecule has 2 aliphatic rings. The third-order valence-corrected chi connectivity index (χ3v) is 6.10. The maximum absolute atomic E-state index is 5.65. The first kappa shape index (κ1) is 18.8. The Hall–Kier alpha value is -0.560. The van der Waals surface area contributed by atoms with Crippen molar-refractivity contribution in [3.63, 3.8) is 0 Å². The smallest absolute Gasteiger partial charge is 0.0644 e. The van der Waals surface area contributed by atoms with Crippen LogP contribution in [0.4, 0.5) is 0 Å². The van der Waals surface area contributed by atoms with Gasteiger partial charge in [-0.25, -0.2) is 0 Å². The van der Waals surface area contributed by atoms with Gasteiger partial charge in [0.2, 0.25) is 0 Å². The molecule has 1 nitrogen and oxygen atoms in total. The first-order valence-corrected chi connectivity index (χ1v) is 10.2. The number of rotatable bonds is 9. The van der Waals surface area contributed by atoms with Crippen LogP contribution in [0, 0.1) is 23.7 Å². The van der Waals surface area contributed by atoms with Crippen LogP contribution < -0.4 is 0 Å². The van der Waals surface area contributed by atoms with E-state index in [1.165, 1.54) is 70.6 Å². The van der Waals surface area contributed by atoms with Gasteiger partial charge in [-0.1, -0.05) is 38.0 Å². The van der Waals surface area contributed by atoms with E-state index < -0.39 is 0 Å². The Morgan fingerprint density at radius 1 is 0.957 bits per heavy atom. The van der Waals surface area contributed by atoms with Gasteiger partial charge in [0, 0.05) is 6.61 Å². The van der Waals surface area contributed by atoms with Gasteiger partial charge in [0.15, 0.2) is 0 Å². The molecule has 0 heterocycles. The summed E-state index contributed by atoms with van der Waals surface area (Å²) >= 11 is 0. The van der Waals surface area contributed by atoms with Gasteiger partial charge >= 0.3 is 0 Å². The second-order valence-corrected chi connectivity index (χ2v) is 7.85. The predicted molar refractivity (Wildman–Crippen MR) is 101 cm³/mol. The molecule has 0 radical (unpaired) electrons. The maximum Gasteiger partial charge on any atom is 0.0644 e. The van der Waals surface area contributed by atoms with Crippen LogP contribution in [0.15, 0.2) is 24.8 Å². The summed E-state index contributed by atoms with van der Waals surface area (Å²) in [6, 6.07) is 0. The van der Waals surface area contributed by atoms with Crippen molar-refractivity contribution in [2.24, 2.45) is 23.7 Å².